The van der Waals surface area contributed by atoms with Crippen molar-refractivity contribution in [1.29, 1.82) is 0 Å². The van der Waals surface area contributed by atoms with E-state index >= 15 is 0 Å². The normalized spacial score (nSPS) is 14.5. The summed E-state index contributed by atoms with van der Waals surface area (Å²) in [6.45, 7) is 5.80. The monoisotopic (exact) mass is 420 g/mol. The summed E-state index contributed by atoms with van der Waals surface area (Å²) in [6, 6.07) is 3.93. The van der Waals surface area contributed by atoms with Crippen LogP contribution in [-0.2, 0) is 6.54 Å². The van der Waals surface area contributed by atoms with Gasteiger partial charge >= 0.3 is 0 Å². The molecular formula is C23H28N6O2. The molecule has 1 aliphatic carbocycles. The van der Waals surface area contributed by atoms with Crippen LogP contribution in [0.4, 0.5) is 5.82 Å². The highest BCUT2D eigenvalue weighted by molar-refractivity contribution is 6.04. The average molecular weight is 421 g/mol. The van der Waals surface area contributed by atoms with E-state index < -0.39 is 5.91 Å². The van der Waals surface area contributed by atoms with Gasteiger partial charge in [-0.1, -0.05) is 19.3 Å². The molecule has 0 spiro atoms. The molecule has 0 unspecified atom stereocenters. The van der Waals surface area contributed by atoms with Crippen LogP contribution in [0.15, 0.2) is 35.5 Å². The highest BCUT2D eigenvalue weighted by atomic mass is 16.2. The van der Waals surface area contributed by atoms with Crippen molar-refractivity contribution in [2.45, 2.75) is 65.5 Å². The maximum atomic E-state index is 13.2. The average Bonchev–Trinajstić information content (AvgIpc) is 3.12. The number of hydrogen-bond donors (Lipinski definition) is 1. The Balaban J connectivity index is 1.60. The van der Waals surface area contributed by atoms with Gasteiger partial charge in [-0.2, -0.15) is 5.10 Å². The van der Waals surface area contributed by atoms with E-state index in [1.54, 1.807) is 31.6 Å². The molecule has 1 aliphatic rings. The van der Waals surface area contributed by atoms with Gasteiger partial charge in [0.1, 0.15) is 11.4 Å². The molecule has 162 valence electrons. The van der Waals surface area contributed by atoms with Gasteiger partial charge in [-0.05, 0) is 45.2 Å². The number of rotatable bonds is 5. The number of aromatic nitrogens is 5. The van der Waals surface area contributed by atoms with Crippen LogP contribution in [0.3, 0.4) is 0 Å². The van der Waals surface area contributed by atoms with Crippen molar-refractivity contribution in [2.24, 2.45) is 0 Å². The summed E-state index contributed by atoms with van der Waals surface area (Å²) in [7, 11) is 0. The Morgan fingerprint density at radius 1 is 1.10 bits per heavy atom. The van der Waals surface area contributed by atoms with Crippen molar-refractivity contribution in [2.75, 3.05) is 5.32 Å². The quantitative estimate of drug-likeness (QED) is 0.681. The van der Waals surface area contributed by atoms with Gasteiger partial charge in [0.15, 0.2) is 0 Å². The third-order valence-corrected chi connectivity index (χ3v) is 5.79. The molecule has 0 aromatic carbocycles. The fraction of sp³-hybridized carbons (Fsp3) is 0.435. The third kappa shape index (κ3) is 4.57. The number of amides is 1. The molecule has 3 aromatic rings. The Kier molecular flexibility index (Phi) is 5.97. The zero-order chi connectivity index (χ0) is 22.0. The van der Waals surface area contributed by atoms with Gasteiger partial charge in [0, 0.05) is 18.5 Å². The number of carbonyl (C=O) groups is 1. The van der Waals surface area contributed by atoms with E-state index in [9.17, 15) is 9.59 Å². The predicted molar refractivity (Wildman–Crippen MR) is 118 cm³/mol. The SMILES string of the molecule is Cc1cnc(Cn2ccc(C)c(C(=O)Nc3cc(C)nn3C3CCCCC3)c2=O)cn1. The van der Waals surface area contributed by atoms with Gasteiger partial charge in [-0.15, -0.1) is 0 Å². The second kappa shape index (κ2) is 8.83. The van der Waals surface area contributed by atoms with E-state index in [2.05, 4.69) is 20.4 Å². The molecular weight excluding hydrogens is 392 g/mol. The van der Waals surface area contributed by atoms with Crippen molar-refractivity contribution in [3.05, 3.63) is 69.3 Å². The first-order valence-corrected chi connectivity index (χ1v) is 10.8. The molecule has 0 bridgehead atoms. The van der Waals surface area contributed by atoms with Gasteiger partial charge in [-0.25, -0.2) is 4.68 Å². The molecule has 31 heavy (non-hydrogen) atoms. The molecule has 1 saturated carbocycles. The fourth-order valence-electron chi connectivity index (χ4n) is 4.13. The van der Waals surface area contributed by atoms with Crippen LogP contribution in [0.2, 0.25) is 0 Å². The summed E-state index contributed by atoms with van der Waals surface area (Å²) in [5, 5.41) is 7.56. The van der Waals surface area contributed by atoms with Crippen molar-refractivity contribution in [3.63, 3.8) is 0 Å². The first-order valence-electron chi connectivity index (χ1n) is 10.8. The summed E-state index contributed by atoms with van der Waals surface area (Å²) in [4.78, 5) is 34.8. The van der Waals surface area contributed by atoms with Gasteiger partial charge in [-0.3, -0.25) is 19.6 Å². The Morgan fingerprint density at radius 3 is 2.58 bits per heavy atom. The second-order valence-corrected chi connectivity index (χ2v) is 8.32. The highest BCUT2D eigenvalue weighted by Gasteiger charge is 2.22. The molecule has 4 rings (SSSR count). The number of pyridine rings is 1. The van der Waals surface area contributed by atoms with Gasteiger partial charge < -0.3 is 9.88 Å². The molecule has 0 radical (unpaired) electrons. The topological polar surface area (TPSA) is 94.7 Å². The number of nitrogens with zero attached hydrogens (tertiary/aromatic N) is 5. The smallest absolute Gasteiger partial charge is 0.264 e. The minimum absolute atomic E-state index is 0.136. The van der Waals surface area contributed by atoms with Crippen LogP contribution >= 0.6 is 0 Å². The Morgan fingerprint density at radius 2 is 1.87 bits per heavy atom. The summed E-state index contributed by atoms with van der Waals surface area (Å²) in [5.41, 5.74) is 2.74. The largest absolute Gasteiger partial charge is 0.309 e. The van der Waals surface area contributed by atoms with Crippen LogP contribution in [0.1, 0.15) is 71.1 Å². The first-order chi connectivity index (χ1) is 14.9. The highest BCUT2D eigenvalue weighted by Crippen LogP contribution is 2.30. The summed E-state index contributed by atoms with van der Waals surface area (Å²) >= 11 is 0. The van der Waals surface area contributed by atoms with E-state index in [-0.39, 0.29) is 23.7 Å². The van der Waals surface area contributed by atoms with Crippen molar-refractivity contribution in [3.8, 4) is 0 Å². The molecule has 3 heterocycles. The van der Waals surface area contributed by atoms with E-state index in [0.29, 0.717) is 17.1 Å². The lowest BCUT2D eigenvalue weighted by atomic mass is 9.96. The molecule has 0 aliphatic heterocycles. The maximum Gasteiger partial charge on any atom is 0.264 e. The molecule has 3 aromatic heterocycles. The second-order valence-electron chi connectivity index (χ2n) is 8.32. The Bertz CT molecular complexity index is 1140. The van der Waals surface area contributed by atoms with E-state index in [0.717, 1.165) is 24.2 Å². The first kappa shape index (κ1) is 21.0. The molecule has 8 heteroatoms. The third-order valence-electron chi connectivity index (χ3n) is 5.79. The van der Waals surface area contributed by atoms with Crippen molar-refractivity contribution in [1.82, 2.24) is 24.3 Å². The molecule has 1 N–H and O–H groups in total. The zero-order valence-electron chi connectivity index (χ0n) is 18.3. The standard InChI is InChI=1S/C23H28N6O2/c1-15-9-10-28(14-18-13-24-17(3)12-25-18)23(31)21(15)22(30)26-20-11-16(2)27-29(20)19-7-5-4-6-8-19/h9-13,19H,4-8,14H2,1-3H3,(H,26,30). The van der Waals surface area contributed by atoms with E-state index in [4.69, 9.17) is 0 Å². The predicted octanol–water partition coefficient (Wildman–Crippen LogP) is 3.57. The van der Waals surface area contributed by atoms with E-state index in [1.165, 1.54) is 23.8 Å². The van der Waals surface area contributed by atoms with Crippen LogP contribution in [0, 0.1) is 20.8 Å². The minimum atomic E-state index is -0.413. The molecule has 8 nitrogen and oxygen atoms in total. The van der Waals surface area contributed by atoms with Crippen LogP contribution in [0.25, 0.3) is 0 Å². The zero-order valence-corrected chi connectivity index (χ0v) is 18.3. The van der Waals surface area contributed by atoms with Crippen LogP contribution < -0.4 is 10.9 Å². The lowest BCUT2D eigenvalue weighted by Crippen LogP contribution is -2.31. The van der Waals surface area contributed by atoms with Gasteiger partial charge in [0.25, 0.3) is 11.5 Å². The van der Waals surface area contributed by atoms with Crippen molar-refractivity contribution < 1.29 is 4.79 Å². The van der Waals surface area contributed by atoms with Gasteiger partial charge in [0.05, 0.1) is 35.9 Å². The summed E-state index contributed by atoms with van der Waals surface area (Å²) in [6.07, 6.45) is 10.7. The number of nitrogens with one attached hydrogen (secondary N) is 1. The van der Waals surface area contributed by atoms with Gasteiger partial charge in [0.2, 0.25) is 0 Å². The number of aryl methyl sites for hydroxylation is 3. The van der Waals surface area contributed by atoms with E-state index in [1.807, 2.05) is 24.6 Å². The fourth-order valence-corrected chi connectivity index (χ4v) is 4.13. The lowest BCUT2D eigenvalue weighted by Gasteiger charge is -2.24. The van der Waals surface area contributed by atoms with Crippen LogP contribution in [0.5, 0.6) is 0 Å². The summed E-state index contributed by atoms with van der Waals surface area (Å²) in [5.74, 6) is 0.233. The number of anilines is 1. The molecule has 0 saturated heterocycles. The minimum Gasteiger partial charge on any atom is -0.309 e. The molecule has 0 atom stereocenters. The Labute approximate surface area is 181 Å². The maximum absolute atomic E-state index is 13.2. The van der Waals surface area contributed by atoms with Crippen molar-refractivity contribution >= 4 is 11.7 Å². The summed E-state index contributed by atoms with van der Waals surface area (Å²) < 4.78 is 3.41. The Hall–Kier alpha value is -3.29. The lowest BCUT2D eigenvalue weighted by molar-refractivity contribution is 0.102. The molecule has 1 fully saturated rings. The number of hydrogen-bond acceptors (Lipinski definition) is 5. The number of carbonyl (C=O) groups excluding carboxylic acids is 1. The van der Waals surface area contributed by atoms with Crippen LogP contribution in [-0.4, -0.2) is 30.2 Å². The molecule has 1 amide bonds.